The molecule has 2 rings (SSSR count). The van der Waals surface area contributed by atoms with Crippen molar-refractivity contribution in [2.75, 3.05) is 7.11 Å². The quantitative estimate of drug-likeness (QED) is 0.862. The summed E-state index contributed by atoms with van der Waals surface area (Å²) in [6.07, 6.45) is -0.572. The molecule has 0 aromatic heterocycles. The van der Waals surface area contributed by atoms with Crippen LogP contribution in [-0.2, 0) is 11.2 Å². The number of aliphatic hydroxyl groups excluding tert-OH is 1. The monoisotopic (exact) mass is 313 g/mol. The van der Waals surface area contributed by atoms with Crippen LogP contribution in [0.25, 0.3) is 0 Å². The summed E-state index contributed by atoms with van der Waals surface area (Å²) in [7, 11) is 1.63. The predicted octanol–water partition coefficient (Wildman–Crippen LogP) is 2.87. The van der Waals surface area contributed by atoms with Gasteiger partial charge in [0.2, 0.25) is 0 Å². The van der Waals surface area contributed by atoms with Gasteiger partial charge in [0, 0.05) is 5.54 Å². The van der Waals surface area contributed by atoms with Crippen LogP contribution in [0.2, 0.25) is 0 Å². The van der Waals surface area contributed by atoms with Crippen molar-refractivity contribution in [3.8, 4) is 5.75 Å². The molecule has 2 aromatic carbocycles. The zero-order valence-corrected chi connectivity index (χ0v) is 13.7. The molecule has 0 saturated heterocycles. The van der Waals surface area contributed by atoms with E-state index in [1.165, 1.54) is 0 Å². The van der Waals surface area contributed by atoms with E-state index in [0.29, 0.717) is 12.0 Å². The van der Waals surface area contributed by atoms with Crippen LogP contribution in [0, 0.1) is 0 Å². The Labute approximate surface area is 137 Å². The highest BCUT2D eigenvalue weighted by molar-refractivity contribution is 5.82. The predicted molar refractivity (Wildman–Crippen MR) is 90.3 cm³/mol. The van der Waals surface area contributed by atoms with Crippen LogP contribution in [0.15, 0.2) is 54.6 Å². The Balaban J connectivity index is 2.07. The number of rotatable bonds is 6. The van der Waals surface area contributed by atoms with Crippen molar-refractivity contribution in [1.82, 2.24) is 5.32 Å². The van der Waals surface area contributed by atoms with Gasteiger partial charge in [-0.3, -0.25) is 4.79 Å². The summed E-state index contributed by atoms with van der Waals surface area (Å²) in [5, 5.41) is 13.1. The van der Waals surface area contributed by atoms with E-state index >= 15 is 0 Å². The van der Waals surface area contributed by atoms with E-state index in [1.54, 1.807) is 31.4 Å². The number of benzene rings is 2. The third-order valence-corrected chi connectivity index (χ3v) is 3.65. The number of carbonyl (C=O) groups excluding carboxylic acids is 1. The number of nitrogens with one attached hydrogen (secondary N) is 1. The summed E-state index contributed by atoms with van der Waals surface area (Å²) in [6, 6.07) is 16.6. The first-order valence-electron chi connectivity index (χ1n) is 7.60. The molecule has 0 aliphatic carbocycles. The van der Waals surface area contributed by atoms with Gasteiger partial charge in [-0.2, -0.15) is 0 Å². The zero-order valence-electron chi connectivity index (χ0n) is 13.7. The molecule has 23 heavy (non-hydrogen) atoms. The van der Waals surface area contributed by atoms with Crippen LogP contribution in [0.1, 0.15) is 31.1 Å². The van der Waals surface area contributed by atoms with E-state index in [-0.39, 0.29) is 0 Å². The maximum Gasteiger partial charge on any atom is 0.253 e. The van der Waals surface area contributed by atoms with Gasteiger partial charge in [0.05, 0.1) is 7.11 Å². The summed E-state index contributed by atoms with van der Waals surface area (Å²) in [5.74, 6) is 0.384. The van der Waals surface area contributed by atoms with Crippen LogP contribution in [0.3, 0.4) is 0 Å². The SMILES string of the molecule is COc1ccccc1CC(C)(C)NC(=O)C(O)c1ccccc1. The molecule has 0 radical (unpaired) electrons. The van der Waals surface area contributed by atoms with Crippen molar-refractivity contribution in [3.63, 3.8) is 0 Å². The summed E-state index contributed by atoms with van der Waals surface area (Å²) in [6.45, 7) is 3.85. The summed E-state index contributed by atoms with van der Waals surface area (Å²) >= 11 is 0. The number of para-hydroxylation sites is 1. The van der Waals surface area contributed by atoms with Gasteiger partial charge in [-0.15, -0.1) is 0 Å². The Kier molecular flexibility index (Phi) is 5.40. The minimum absolute atomic E-state index is 0.406. The second kappa shape index (κ2) is 7.29. The standard InChI is InChI=1S/C19H23NO3/c1-19(2,13-15-11-7-8-12-16(15)23-3)20-18(22)17(21)14-9-5-4-6-10-14/h4-12,17,21H,13H2,1-3H3,(H,20,22). The molecule has 4 heteroatoms. The van der Waals surface area contributed by atoms with Gasteiger partial charge in [-0.25, -0.2) is 0 Å². The Hall–Kier alpha value is -2.33. The van der Waals surface area contributed by atoms with Crippen molar-refractivity contribution in [2.24, 2.45) is 0 Å². The maximum absolute atomic E-state index is 12.3. The highest BCUT2D eigenvalue weighted by atomic mass is 16.5. The van der Waals surface area contributed by atoms with Crippen LogP contribution < -0.4 is 10.1 Å². The van der Waals surface area contributed by atoms with Crippen molar-refractivity contribution in [1.29, 1.82) is 0 Å². The largest absolute Gasteiger partial charge is 0.496 e. The Morgan fingerprint density at radius 3 is 2.39 bits per heavy atom. The van der Waals surface area contributed by atoms with Crippen LogP contribution in [0.5, 0.6) is 5.75 Å². The highest BCUT2D eigenvalue weighted by Gasteiger charge is 2.26. The molecule has 0 spiro atoms. The third kappa shape index (κ3) is 4.57. The molecular formula is C19H23NO3. The Morgan fingerprint density at radius 1 is 1.13 bits per heavy atom. The number of methoxy groups -OCH3 is 1. The molecule has 0 saturated carbocycles. The first-order chi connectivity index (χ1) is 10.9. The van der Waals surface area contributed by atoms with Crippen molar-refractivity contribution in [3.05, 3.63) is 65.7 Å². The molecule has 2 aromatic rings. The molecule has 0 aliphatic rings. The molecule has 1 atom stereocenters. The van der Waals surface area contributed by atoms with Gasteiger partial charge in [0.1, 0.15) is 5.75 Å². The van der Waals surface area contributed by atoms with Gasteiger partial charge in [-0.05, 0) is 37.5 Å². The van der Waals surface area contributed by atoms with Crippen LogP contribution in [-0.4, -0.2) is 23.7 Å². The molecule has 0 fully saturated rings. The number of amides is 1. The summed E-state index contributed by atoms with van der Waals surface area (Å²) in [5.41, 5.74) is 1.08. The lowest BCUT2D eigenvalue weighted by Crippen LogP contribution is -2.47. The number of hydrogen-bond acceptors (Lipinski definition) is 3. The molecule has 122 valence electrons. The molecule has 4 nitrogen and oxygen atoms in total. The molecular weight excluding hydrogens is 290 g/mol. The van der Waals surface area contributed by atoms with Gasteiger partial charge in [-0.1, -0.05) is 48.5 Å². The minimum Gasteiger partial charge on any atom is -0.496 e. The van der Waals surface area contributed by atoms with Crippen LogP contribution >= 0.6 is 0 Å². The van der Waals surface area contributed by atoms with Crippen molar-refractivity contribution < 1.29 is 14.6 Å². The zero-order chi connectivity index (χ0) is 16.9. The molecule has 1 amide bonds. The maximum atomic E-state index is 12.3. The lowest BCUT2D eigenvalue weighted by atomic mass is 9.93. The second-order valence-corrected chi connectivity index (χ2v) is 6.17. The Morgan fingerprint density at radius 2 is 1.74 bits per heavy atom. The van der Waals surface area contributed by atoms with E-state index < -0.39 is 17.6 Å². The first kappa shape index (κ1) is 17.0. The average Bonchev–Trinajstić information content (AvgIpc) is 2.54. The van der Waals surface area contributed by atoms with E-state index in [2.05, 4.69) is 5.32 Å². The van der Waals surface area contributed by atoms with E-state index in [4.69, 9.17) is 4.74 Å². The van der Waals surface area contributed by atoms with Crippen molar-refractivity contribution >= 4 is 5.91 Å². The average molecular weight is 313 g/mol. The number of hydrogen-bond donors (Lipinski definition) is 2. The second-order valence-electron chi connectivity index (χ2n) is 6.17. The number of ether oxygens (including phenoxy) is 1. The van der Waals surface area contributed by atoms with E-state index in [1.807, 2.05) is 44.2 Å². The Bertz CT molecular complexity index is 653. The van der Waals surface area contributed by atoms with Crippen molar-refractivity contribution in [2.45, 2.75) is 31.9 Å². The third-order valence-electron chi connectivity index (χ3n) is 3.65. The summed E-state index contributed by atoms with van der Waals surface area (Å²) < 4.78 is 5.35. The lowest BCUT2D eigenvalue weighted by molar-refractivity contribution is -0.131. The van der Waals surface area contributed by atoms with E-state index in [0.717, 1.165) is 11.3 Å². The molecule has 1 unspecified atom stereocenters. The molecule has 0 aliphatic heterocycles. The van der Waals surface area contributed by atoms with E-state index in [9.17, 15) is 9.90 Å². The normalized spacial score (nSPS) is 12.5. The molecule has 0 heterocycles. The number of aliphatic hydroxyl groups is 1. The van der Waals surface area contributed by atoms with Gasteiger partial charge in [0.25, 0.3) is 5.91 Å². The van der Waals surface area contributed by atoms with Gasteiger partial charge in [0.15, 0.2) is 6.10 Å². The minimum atomic E-state index is -1.17. The topological polar surface area (TPSA) is 58.6 Å². The fourth-order valence-corrected chi connectivity index (χ4v) is 2.56. The number of carbonyl (C=O) groups is 1. The fraction of sp³-hybridized carbons (Fsp3) is 0.316. The molecule has 2 N–H and O–H groups in total. The van der Waals surface area contributed by atoms with Gasteiger partial charge >= 0.3 is 0 Å². The van der Waals surface area contributed by atoms with Gasteiger partial charge < -0.3 is 15.2 Å². The first-order valence-corrected chi connectivity index (χ1v) is 7.60. The fourth-order valence-electron chi connectivity index (χ4n) is 2.56. The molecule has 0 bridgehead atoms. The lowest BCUT2D eigenvalue weighted by Gasteiger charge is -2.28. The van der Waals surface area contributed by atoms with Crippen LogP contribution in [0.4, 0.5) is 0 Å². The highest BCUT2D eigenvalue weighted by Crippen LogP contribution is 2.23. The smallest absolute Gasteiger partial charge is 0.253 e. The summed E-state index contributed by atoms with van der Waals surface area (Å²) in [4.78, 5) is 12.3.